The SMILES string of the molecule is CCNC(=S)Nc1ccc2ncc(Nc3cc(Cl)ccc3CO)nc2n1. The van der Waals surface area contributed by atoms with E-state index in [9.17, 15) is 5.11 Å². The van der Waals surface area contributed by atoms with Crippen LogP contribution in [0.25, 0.3) is 11.2 Å². The number of thiocarbonyl (C=S) groups is 1. The van der Waals surface area contributed by atoms with Crippen LogP contribution in [-0.4, -0.2) is 31.7 Å². The molecule has 0 aliphatic rings. The minimum atomic E-state index is -0.116. The minimum absolute atomic E-state index is 0.116. The van der Waals surface area contributed by atoms with Gasteiger partial charge in [-0.2, -0.15) is 0 Å². The molecular weight excluding hydrogens is 372 g/mol. The first kappa shape index (κ1) is 18.2. The summed E-state index contributed by atoms with van der Waals surface area (Å²) in [5.74, 6) is 1.07. The molecule has 3 rings (SSSR count). The molecule has 3 aromatic rings. The Morgan fingerprint density at radius 1 is 1.19 bits per heavy atom. The van der Waals surface area contributed by atoms with Crippen LogP contribution in [-0.2, 0) is 6.61 Å². The Hall–Kier alpha value is -2.55. The van der Waals surface area contributed by atoms with Gasteiger partial charge in [0.1, 0.15) is 11.3 Å². The van der Waals surface area contributed by atoms with Crippen LogP contribution in [0, 0.1) is 0 Å². The van der Waals surface area contributed by atoms with Gasteiger partial charge in [-0.3, -0.25) is 0 Å². The van der Waals surface area contributed by atoms with Crippen LogP contribution in [0.15, 0.2) is 36.5 Å². The highest BCUT2D eigenvalue weighted by molar-refractivity contribution is 7.80. The van der Waals surface area contributed by atoms with E-state index in [0.29, 0.717) is 44.2 Å². The highest BCUT2D eigenvalue weighted by Gasteiger charge is 2.07. The summed E-state index contributed by atoms with van der Waals surface area (Å²) in [6, 6.07) is 8.79. The second kappa shape index (κ2) is 8.22. The summed E-state index contributed by atoms with van der Waals surface area (Å²) >= 11 is 11.2. The second-order valence-corrected chi connectivity index (χ2v) is 6.21. The number of anilines is 3. The fourth-order valence-electron chi connectivity index (χ4n) is 2.29. The van der Waals surface area contributed by atoms with Crippen molar-refractivity contribution in [2.75, 3.05) is 17.2 Å². The lowest BCUT2D eigenvalue weighted by molar-refractivity contribution is 0.282. The van der Waals surface area contributed by atoms with Crippen molar-refractivity contribution in [2.24, 2.45) is 0 Å². The fourth-order valence-corrected chi connectivity index (χ4v) is 2.71. The molecular formula is C17H17ClN6OS. The molecule has 2 aromatic heterocycles. The summed E-state index contributed by atoms with van der Waals surface area (Å²) in [7, 11) is 0. The molecule has 0 radical (unpaired) electrons. The highest BCUT2D eigenvalue weighted by atomic mass is 35.5. The number of aromatic nitrogens is 3. The van der Waals surface area contributed by atoms with Gasteiger partial charge in [0, 0.05) is 22.8 Å². The van der Waals surface area contributed by atoms with E-state index in [2.05, 4.69) is 30.9 Å². The lowest BCUT2D eigenvalue weighted by Crippen LogP contribution is -2.28. The van der Waals surface area contributed by atoms with Crippen molar-refractivity contribution in [1.29, 1.82) is 0 Å². The first-order valence-electron chi connectivity index (χ1n) is 7.94. The highest BCUT2D eigenvalue weighted by Crippen LogP contribution is 2.24. The largest absolute Gasteiger partial charge is 0.392 e. The van der Waals surface area contributed by atoms with Gasteiger partial charge >= 0.3 is 0 Å². The zero-order valence-electron chi connectivity index (χ0n) is 14.0. The molecule has 7 nitrogen and oxygen atoms in total. The van der Waals surface area contributed by atoms with E-state index in [1.165, 1.54) is 0 Å². The minimum Gasteiger partial charge on any atom is -0.392 e. The van der Waals surface area contributed by atoms with Gasteiger partial charge in [-0.1, -0.05) is 17.7 Å². The van der Waals surface area contributed by atoms with Crippen LogP contribution in [0.5, 0.6) is 0 Å². The molecule has 0 unspecified atom stereocenters. The summed E-state index contributed by atoms with van der Waals surface area (Å²) < 4.78 is 0. The van der Waals surface area contributed by atoms with Gasteiger partial charge in [0.25, 0.3) is 0 Å². The molecule has 9 heteroatoms. The molecule has 0 amide bonds. The Kier molecular flexibility index (Phi) is 5.77. The van der Waals surface area contributed by atoms with Crippen LogP contribution in [0.4, 0.5) is 17.3 Å². The van der Waals surface area contributed by atoms with E-state index in [0.717, 1.165) is 6.54 Å². The third kappa shape index (κ3) is 4.34. The van der Waals surface area contributed by atoms with Gasteiger partial charge in [-0.15, -0.1) is 0 Å². The summed E-state index contributed by atoms with van der Waals surface area (Å²) in [5, 5.41) is 19.6. The number of rotatable bonds is 5. The quantitative estimate of drug-likeness (QED) is 0.495. The Balaban J connectivity index is 1.88. The fraction of sp³-hybridized carbons (Fsp3) is 0.176. The number of hydrogen-bond donors (Lipinski definition) is 4. The molecule has 26 heavy (non-hydrogen) atoms. The van der Waals surface area contributed by atoms with E-state index in [4.69, 9.17) is 23.8 Å². The molecule has 134 valence electrons. The van der Waals surface area contributed by atoms with Crippen molar-refractivity contribution in [3.63, 3.8) is 0 Å². The van der Waals surface area contributed by atoms with Crippen molar-refractivity contribution in [1.82, 2.24) is 20.3 Å². The number of halogens is 1. The van der Waals surface area contributed by atoms with Crippen LogP contribution in [0.3, 0.4) is 0 Å². The number of fused-ring (bicyclic) bond motifs is 1. The Labute approximate surface area is 160 Å². The predicted octanol–water partition coefficient (Wildman–Crippen LogP) is 3.22. The number of nitrogens with one attached hydrogen (secondary N) is 3. The zero-order valence-corrected chi connectivity index (χ0v) is 15.5. The molecule has 0 bridgehead atoms. The number of nitrogens with zero attached hydrogens (tertiary/aromatic N) is 3. The molecule has 2 heterocycles. The average molecular weight is 389 g/mol. The molecule has 0 spiro atoms. The summed E-state index contributed by atoms with van der Waals surface area (Å²) in [6.45, 7) is 2.57. The summed E-state index contributed by atoms with van der Waals surface area (Å²) in [5.41, 5.74) is 2.49. The van der Waals surface area contributed by atoms with Crippen molar-refractivity contribution >= 4 is 57.4 Å². The second-order valence-electron chi connectivity index (χ2n) is 5.36. The predicted molar refractivity (Wildman–Crippen MR) is 108 cm³/mol. The smallest absolute Gasteiger partial charge is 0.182 e. The number of hydrogen-bond acceptors (Lipinski definition) is 6. The first-order chi connectivity index (χ1) is 12.6. The maximum atomic E-state index is 9.47. The topological polar surface area (TPSA) is 95.0 Å². The van der Waals surface area contributed by atoms with Gasteiger partial charge in [0.05, 0.1) is 12.8 Å². The van der Waals surface area contributed by atoms with Crippen molar-refractivity contribution in [2.45, 2.75) is 13.5 Å². The molecule has 0 saturated heterocycles. The van der Waals surface area contributed by atoms with Crippen LogP contribution < -0.4 is 16.0 Å². The van der Waals surface area contributed by atoms with Gasteiger partial charge < -0.3 is 21.1 Å². The van der Waals surface area contributed by atoms with Crippen molar-refractivity contribution in [3.8, 4) is 0 Å². The Morgan fingerprint density at radius 2 is 2.00 bits per heavy atom. The molecule has 0 saturated carbocycles. The van der Waals surface area contributed by atoms with Crippen LogP contribution in [0.2, 0.25) is 5.02 Å². The van der Waals surface area contributed by atoms with Gasteiger partial charge in [-0.05, 0) is 43.4 Å². The van der Waals surface area contributed by atoms with E-state index >= 15 is 0 Å². The number of benzene rings is 1. The van der Waals surface area contributed by atoms with E-state index < -0.39 is 0 Å². The number of aliphatic hydroxyl groups excluding tert-OH is 1. The maximum absolute atomic E-state index is 9.47. The standard InChI is InChI=1S/C17H17ClN6OS/c1-2-19-17(26)24-14-6-5-12-16(22-14)23-15(8-20-12)21-13-7-11(18)4-3-10(13)9-25/h3-8,25H,2,9H2,1H3,(H3,19,21,22,23,24,26). The number of aliphatic hydroxyl groups is 1. The summed E-state index contributed by atoms with van der Waals surface area (Å²) in [4.78, 5) is 13.3. The average Bonchev–Trinajstić information content (AvgIpc) is 2.62. The lowest BCUT2D eigenvalue weighted by atomic mass is 10.2. The van der Waals surface area contributed by atoms with E-state index in [-0.39, 0.29) is 6.61 Å². The van der Waals surface area contributed by atoms with Crippen LogP contribution >= 0.6 is 23.8 Å². The van der Waals surface area contributed by atoms with Gasteiger partial charge in [-0.25, -0.2) is 15.0 Å². The Bertz CT molecular complexity index is 952. The van der Waals surface area contributed by atoms with Crippen molar-refractivity contribution in [3.05, 3.63) is 47.1 Å². The maximum Gasteiger partial charge on any atom is 0.182 e. The van der Waals surface area contributed by atoms with E-state index in [1.807, 2.05) is 13.0 Å². The molecule has 1 aromatic carbocycles. The monoisotopic (exact) mass is 388 g/mol. The Morgan fingerprint density at radius 3 is 2.77 bits per heavy atom. The molecule has 4 N–H and O–H groups in total. The first-order valence-corrected chi connectivity index (χ1v) is 8.72. The lowest BCUT2D eigenvalue weighted by Gasteiger charge is -2.11. The zero-order chi connectivity index (χ0) is 18.5. The molecule has 0 fully saturated rings. The normalized spacial score (nSPS) is 10.6. The van der Waals surface area contributed by atoms with Crippen molar-refractivity contribution < 1.29 is 5.11 Å². The third-order valence-electron chi connectivity index (χ3n) is 3.49. The van der Waals surface area contributed by atoms with E-state index in [1.54, 1.807) is 30.5 Å². The summed E-state index contributed by atoms with van der Waals surface area (Å²) in [6.07, 6.45) is 1.60. The van der Waals surface area contributed by atoms with Gasteiger partial charge in [0.2, 0.25) is 0 Å². The third-order valence-corrected chi connectivity index (χ3v) is 3.97. The number of pyridine rings is 1. The van der Waals surface area contributed by atoms with Gasteiger partial charge in [0.15, 0.2) is 16.6 Å². The molecule has 0 atom stereocenters. The van der Waals surface area contributed by atoms with Crippen LogP contribution in [0.1, 0.15) is 12.5 Å². The molecule has 0 aliphatic heterocycles. The molecule has 0 aliphatic carbocycles.